The average molecular weight is 172 g/mol. The Labute approximate surface area is 72.9 Å². The topological polar surface area (TPSA) is 27.1 Å². The maximum absolute atomic E-state index is 7.71. The summed E-state index contributed by atoms with van der Waals surface area (Å²) in [6.45, 7) is 1.02. The van der Waals surface area contributed by atoms with E-state index in [2.05, 4.69) is 11.2 Å². The van der Waals surface area contributed by atoms with E-state index in [9.17, 15) is 0 Å². The zero-order chi connectivity index (χ0) is 8.27. The molecule has 3 heteroatoms. The predicted octanol–water partition coefficient (Wildman–Crippen LogP) is 1.67. The summed E-state index contributed by atoms with van der Waals surface area (Å²) in [4.78, 5) is 2.08. The molecule has 64 valence electrons. The number of rotatable bonds is 4. The third-order valence-corrected chi connectivity index (χ3v) is 2.60. The molecule has 0 amide bonds. The van der Waals surface area contributed by atoms with Gasteiger partial charge in [0.2, 0.25) is 0 Å². The van der Waals surface area contributed by atoms with Crippen molar-refractivity contribution in [1.29, 1.82) is 5.41 Å². The zero-order valence-corrected chi connectivity index (χ0v) is 8.08. The molecule has 1 N–H and O–H groups in total. The molecule has 0 aromatic heterocycles. The molecule has 0 aromatic carbocycles. The third kappa shape index (κ3) is 2.73. The van der Waals surface area contributed by atoms with Gasteiger partial charge in [0.1, 0.15) is 0 Å². The van der Waals surface area contributed by atoms with Gasteiger partial charge in [-0.25, -0.2) is 0 Å². The molecule has 1 aliphatic rings. The highest BCUT2D eigenvalue weighted by Crippen LogP contribution is 2.30. The lowest BCUT2D eigenvalue weighted by Crippen LogP contribution is -2.29. The molecule has 0 radical (unpaired) electrons. The van der Waals surface area contributed by atoms with Crippen LogP contribution in [0.5, 0.6) is 0 Å². The van der Waals surface area contributed by atoms with Crippen LogP contribution in [0, 0.1) is 11.3 Å². The van der Waals surface area contributed by atoms with Crippen LogP contribution in [0.25, 0.3) is 0 Å². The van der Waals surface area contributed by atoms with Crippen LogP contribution in [0.4, 0.5) is 0 Å². The molecule has 2 nitrogen and oxygen atoms in total. The normalized spacial score (nSPS) is 16.5. The molecule has 0 heterocycles. The lowest BCUT2D eigenvalue weighted by atomic mass is 10.3. The van der Waals surface area contributed by atoms with Gasteiger partial charge in [-0.3, -0.25) is 5.41 Å². The van der Waals surface area contributed by atoms with E-state index in [-0.39, 0.29) is 0 Å². The molecule has 0 aromatic rings. The maximum Gasteiger partial charge on any atom is 0.0987 e. The van der Waals surface area contributed by atoms with Crippen molar-refractivity contribution in [3.63, 3.8) is 0 Å². The van der Waals surface area contributed by atoms with Crippen molar-refractivity contribution >= 4 is 17.6 Å². The van der Waals surface area contributed by atoms with Crippen LogP contribution in [0.15, 0.2) is 0 Å². The Morgan fingerprint density at radius 3 is 2.73 bits per heavy atom. The zero-order valence-electron chi connectivity index (χ0n) is 7.26. The highest BCUT2D eigenvalue weighted by atomic mass is 32.2. The molecular formula is C8H16N2S. The quantitative estimate of drug-likeness (QED) is 0.516. The number of nitrogens with one attached hydrogen (secondary N) is 1. The first-order valence-electron chi connectivity index (χ1n) is 4.04. The fourth-order valence-corrected chi connectivity index (χ4v) is 1.47. The third-order valence-electron chi connectivity index (χ3n) is 2.01. The smallest absolute Gasteiger partial charge is 0.0987 e. The van der Waals surface area contributed by atoms with E-state index in [0.29, 0.717) is 5.92 Å². The maximum atomic E-state index is 7.71. The molecule has 0 aliphatic heterocycles. The summed E-state index contributed by atoms with van der Waals surface area (Å²) < 4.78 is 0. The van der Waals surface area contributed by atoms with E-state index >= 15 is 0 Å². The van der Waals surface area contributed by atoms with Crippen molar-refractivity contribution < 1.29 is 0 Å². The van der Waals surface area contributed by atoms with Gasteiger partial charge in [0, 0.05) is 25.3 Å². The second-order valence-electron chi connectivity index (χ2n) is 3.07. The molecule has 1 saturated carbocycles. The van der Waals surface area contributed by atoms with E-state index in [4.69, 9.17) is 5.41 Å². The van der Waals surface area contributed by atoms with Gasteiger partial charge in [0.25, 0.3) is 0 Å². The van der Waals surface area contributed by atoms with Gasteiger partial charge in [-0.05, 0) is 19.1 Å². The van der Waals surface area contributed by atoms with Crippen LogP contribution in [-0.4, -0.2) is 36.3 Å². The van der Waals surface area contributed by atoms with E-state index in [1.54, 1.807) is 0 Å². The fraction of sp³-hybridized carbons (Fsp3) is 0.875. The van der Waals surface area contributed by atoms with Crippen molar-refractivity contribution in [3.05, 3.63) is 0 Å². The molecule has 1 rings (SSSR count). The van der Waals surface area contributed by atoms with Crippen LogP contribution in [0.1, 0.15) is 12.8 Å². The van der Waals surface area contributed by atoms with Gasteiger partial charge in [-0.15, -0.1) is 0 Å². The van der Waals surface area contributed by atoms with Gasteiger partial charge in [-0.1, -0.05) is 0 Å². The van der Waals surface area contributed by atoms with E-state index in [1.807, 2.05) is 18.8 Å². The van der Waals surface area contributed by atoms with Crippen LogP contribution in [0.3, 0.4) is 0 Å². The first-order valence-corrected chi connectivity index (χ1v) is 5.43. The van der Waals surface area contributed by atoms with Crippen molar-refractivity contribution in [3.8, 4) is 0 Å². The highest BCUT2D eigenvalue weighted by molar-refractivity contribution is 7.98. The van der Waals surface area contributed by atoms with E-state index < -0.39 is 0 Å². The minimum atomic E-state index is 0.599. The summed E-state index contributed by atoms with van der Waals surface area (Å²) in [6.07, 6.45) is 4.58. The first kappa shape index (κ1) is 8.91. The molecule has 11 heavy (non-hydrogen) atoms. The molecule has 0 bridgehead atoms. The Kier molecular flexibility index (Phi) is 3.24. The summed E-state index contributed by atoms with van der Waals surface area (Å²) in [5, 5.41) is 7.71. The van der Waals surface area contributed by atoms with Crippen molar-refractivity contribution in [2.24, 2.45) is 5.92 Å². The Morgan fingerprint density at radius 1 is 1.64 bits per heavy atom. The van der Waals surface area contributed by atoms with Gasteiger partial charge >= 0.3 is 0 Å². The van der Waals surface area contributed by atoms with Crippen LogP contribution >= 0.6 is 11.8 Å². The molecule has 1 aliphatic carbocycles. The van der Waals surface area contributed by atoms with Gasteiger partial charge in [-0.2, -0.15) is 11.8 Å². The van der Waals surface area contributed by atoms with Crippen molar-refractivity contribution in [2.45, 2.75) is 12.8 Å². The largest absolute Gasteiger partial charge is 0.363 e. The minimum absolute atomic E-state index is 0.599. The lowest BCUT2D eigenvalue weighted by molar-refractivity contribution is 0.518. The molecule has 0 spiro atoms. The van der Waals surface area contributed by atoms with Gasteiger partial charge < -0.3 is 4.90 Å². The predicted molar refractivity (Wildman–Crippen MR) is 51.5 cm³/mol. The molecule has 0 unspecified atom stereocenters. The summed E-state index contributed by atoms with van der Waals surface area (Å²) in [7, 11) is 2.02. The summed E-state index contributed by atoms with van der Waals surface area (Å²) >= 11 is 1.84. The molecule has 1 fully saturated rings. The number of thioether (sulfide) groups is 1. The minimum Gasteiger partial charge on any atom is -0.363 e. The molecule has 0 atom stereocenters. The molecule has 0 saturated heterocycles. The van der Waals surface area contributed by atoms with Crippen molar-refractivity contribution in [1.82, 2.24) is 4.90 Å². The highest BCUT2D eigenvalue weighted by Gasteiger charge is 2.28. The van der Waals surface area contributed by atoms with Crippen LogP contribution in [-0.2, 0) is 0 Å². The summed E-state index contributed by atoms with van der Waals surface area (Å²) in [5.74, 6) is 2.58. The van der Waals surface area contributed by atoms with Crippen LogP contribution < -0.4 is 0 Å². The second-order valence-corrected chi connectivity index (χ2v) is 4.06. The van der Waals surface area contributed by atoms with Gasteiger partial charge in [0.05, 0.1) is 5.84 Å². The SMILES string of the molecule is CSCCN(C)C(=N)C1CC1. The van der Waals surface area contributed by atoms with Crippen molar-refractivity contribution in [2.75, 3.05) is 25.6 Å². The van der Waals surface area contributed by atoms with Gasteiger partial charge in [0.15, 0.2) is 0 Å². The number of hydrogen-bond donors (Lipinski definition) is 1. The number of amidine groups is 1. The first-order chi connectivity index (χ1) is 5.25. The standard InChI is InChI=1S/C8H16N2S/c1-10(5-6-11-2)8(9)7-3-4-7/h7,9H,3-6H2,1-2H3. The van der Waals surface area contributed by atoms with E-state index in [1.165, 1.54) is 12.8 Å². The molecular weight excluding hydrogens is 156 g/mol. The number of nitrogens with zero attached hydrogens (tertiary/aromatic N) is 1. The Balaban J connectivity index is 2.16. The summed E-state index contributed by atoms with van der Waals surface area (Å²) in [5.41, 5.74) is 0. The Morgan fingerprint density at radius 2 is 2.27 bits per heavy atom. The average Bonchev–Trinajstić information content (AvgIpc) is 2.81. The fourth-order valence-electron chi connectivity index (χ4n) is 1.02. The monoisotopic (exact) mass is 172 g/mol. The van der Waals surface area contributed by atoms with E-state index in [0.717, 1.165) is 18.1 Å². The second kappa shape index (κ2) is 4.00. The van der Waals surface area contributed by atoms with Crippen LogP contribution in [0.2, 0.25) is 0 Å². The Hall–Kier alpha value is -0.180. The Bertz CT molecular complexity index is 143. The number of hydrogen-bond acceptors (Lipinski definition) is 2. The summed E-state index contributed by atoms with van der Waals surface area (Å²) in [6, 6.07) is 0. The lowest BCUT2D eigenvalue weighted by Gasteiger charge is -2.18.